The van der Waals surface area contributed by atoms with Crippen LogP contribution in [0.5, 0.6) is 0 Å². The van der Waals surface area contributed by atoms with Gasteiger partial charge in [-0.25, -0.2) is 0 Å². The number of aromatic nitrogens is 3. The molecule has 4 heteroatoms. The number of nitrogens with zero attached hydrogens (tertiary/aromatic N) is 3. The lowest BCUT2D eigenvalue weighted by Gasteiger charge is -2.19. The maximum absolute atomic E-state index is 4.43. The van der Waals surface area contributed by atoms with E-state index in [2.05, 4.69) is 66.2 Å². The first-order chi connectivity index (χ1) is 10.7. The fourth-order valence-electron chi connectivity index (χ4n) is 2.74. The van der Waals surface area contributed by atoms with Gasteiger partial charge < -0.3 is 4.98 Å². The minimum absolute atomic E-state index is 0.417. The second-order valence-corrected chi connectivity index (χ2v) is 6.12. The molecule has 22 heavy (non-hydrogen) atoms. The molecule has 2 heterocycles. The molecule has 0 spiro atoms. The molecule has 0 radical (unpaired) electrons. The molecule has 3 aromatic rings. The van der Waals surface area contributed by atoms with E-state index in [-0.39, 0.29) is 0 Å². The molecule has 0 bridgehead atoms. The van der Waals surface area contributed by atoms with Gasteiger partial charge in [-0.05, 0) is 49.5 Å². The zero-order chi connectivity index (χ0) is 15.5. The lowest BCUT2D eigenvalue weighted by atomic mass is 10.1. The number of hydrogen-bond donors (Lipinski definition) is 1. The molecular weight excluding hydrogens is 272 g/mol. The first-order valence-corrected chi connectivity index (χ1v) is 7.97. The summed E-state index contributed by atoms with van der Waals surface area (Å²) in [5.41, 5.74) is 3.83. The summed E-state index contributed by atoms with van der Waals surface area (Å²) in [6.07, 6.45) is 6.13. The van der Waals surface area contributed by atoms with Gasteiger partial charge in [0.05, 0.1) is 6.20 Å². The van der Waals surface area contributed by atoms with Crippen molar-refractivity contribution in [3.63, 3.8) is 0 Å². The number of fused-ring (bicyclic) bond motifs is 1. The molecule has 3 rings (SSSR count). The predicted molar refractivity (Wildman–Crippen MR) is 90.7 cm³/mol. The molecule has 1 aromatic carbocycles. The van der Waals surface area contributed by atoms with Gasteiger partial charge in [-0.3, -0.25) is 9.58 Å². The van der Waals surface area contributed by atoms with Crippen LogP contribution in [0, 0.1) is 0 Å². The highest BCUT2D eigenvalue weighted by molar-refractivity contribution is 5.79. The maximum Gasteiger partial charge on any atom is 0.0534 e. The van der Waals surface area contributed by atoms with Gasteiger partial charge in [0.1, 0.15) is 0 Å². The van der Waals surface area contributed by atoms with Crippen molar-refractivity contribution < 1.29 is 0 Å². The van der Waals surface area contributed by atoms with Crippen molar-refractivity contribution in [1.82, 2.24) is 19.7 Å². The quantitative estimate of drug-likeness (QED) is 0.747. The Morgan fingerprint density at radius 1 is 1.18 bits per heavy atom. The number of benzene rings is 1. The van der Waals surface area contributed by atoms with E-state index < -0.39 is 0 Å². The minimum atomic E-state index is 0.417. The van der Waals surface area contributed by atoms with Gasteiger partial charge in [0.15, 0.2) is 0 Å². The van der Waals surface area contributed by atoms with E-state index in [1.165, 1.54) is 22.0 Å². The van der Waals surface area contributed by atoms with Crippen LogP contribution in [0.3, 0.4) is 0 Å². The summed E-state index contributed by atoms with van der Waals surface area (Å²) in [7, 11) is 0. The Bertz CT molecular complexity index is 738. The number of aromatic amines is 1. The Morgan fingerprint density at radius 2 is 2.00 bits per heavy atom. The Morgan fingerprint density at radius 3 is 2.73 bits per heavy atom. The number of rotatable bonds is 6. The standard InChI is InChI=1S/C18H24N4/c1-4-21(12-16-10-20-22(13-16)14(2)3)11-15-5-6-18-17(9-15)7-8-19-18/h5-10,13-14,19H,4,11-12H2,1-3H3. The van der Waals surface area contributed by atoms with Crippen LogP contribution in [0.4, 0.5) is 0 Å². The smallest absolute Gasteiger partial charge is 0.0534 e. The summed E-state index contributed by atoms with van der Waals surface area (Å²) in [4.78, 5) is 5.68. The van der Waals surface area contributed by atoms with E-state index in [4.69, 9.17) is 0 Å². The molecule has 0 aliphatic rings. The Hall–Kier alpha value is -2.07. The summed E-state index contributed by atoms with van der Waals surface area (Å²) >= 11 is 0. The first kappa shape index (κ1) is 14.9. The van der Waals surface area contributed by atoms with Crippen molar-refractivity contribution in [2.75, 3.05) is 6.54 Å². The highest BCUT2D eigenvalue weighted by Gasteiger charge is 2.08. The Kier molecular flexibility index (Phi) is 4.29. The van der Waals surface area contributed by atoms with E-state index >= 15 is 0 Å². The van der Waals surface area contributed by atoms with Gasteiger partial charge >= 0.3 is 0 Å². The van der Waals surface area contributed by atoms with E-state index in [9.17, 15) is 0 Å². The van der Waals surface area contributed by atoms with Crippen molar-refractivity contribution in [2.45, 2.75) is 39.9 Å². The zero-order valence-corrected chi connectivity index (χ0v) is 13.6. The molecule has 116 valence electrons. The molecule has 2 aromatic heterocycles. The SMILES string of the molecule is CCN(Cc1ccc2[nH]ccc2c1)Cc1cnn(C(C)C)c1. The van der Waals surface area contributed by atoms with E-state index in [1.807, 2.05) is 17.1 Å². The van der Waals surface area contributed by atoms with Gasteiger partial charge in [0, 0.05) is 42.6 Å². The van der Waals surface area contributed by atoms with E-state index in [0.29, 0.717) is 6.04 Å². The zero-order valence-electron chi connectivity index (χ0n) is 13.6. The normalized spacial score (nSPS) is 11.9. The third kappa shape index (κ3) is 3.22. The van der Waals surface area contributed by atoms with Crippen LogP contribution in [0.2, 0.25) is 0 Å². The Labute approximate surface area is 131 Å². The number of nitrogens with one attached hydrogen (secondary N) is 1. The van der Waals surface area contributed by atoms with E-state index in [1.54, 1.807) is 0 Å². The van der Waals surface area contributed by atoms with Gasteiger partial charge in [0.25, 0.3) is 0 Å². The van der Waals surface area contributed by atoms with Crippen molar-refractivity contribution >= 4 is 10.9 Å². The molecule has 0 fully saturated rings. The third-order valence-corrected chi connectivity index (χ3v) is 4.06. The van der Waals surface area contributed by atoms with Gasteiger partial charge in [-0.2, -0.15) is 5.10 Å². The van der Waals surface area contributed by atoms with Crippen LogP contribution in [-0.2, 0) is 13.1 Å². The largest absolute Gasteiger partial charge is 0.361 e. The average molecular weight is 296 g/mol. The summed E-state index contributed by atoms with van der Waals surface area (Å²) in [6, 6.07) is 9.18. The molecule has 4 nitrogen and oxygen atoms in total. The monoisotopic (exact) mass is 296 g/mol. The highest BCUT2D eigenvalue weighted by Crippen LogP contribution is 2.17. The lowest BCUT2D eigenvalue weighted by molar-refractivity contribution is 0.271. The van der Waals surface area contributed by atoms with Crippen LogP contribution in [0.15, 0.2) is 42.9 Å². The van der Waals surface area contributed by atoms with Gasteiger partial charge in [-0.15, -0.1) is 0 Å². The second kappa shape index (κ2) is 6.36. The van der Waals surface area contributed by atoms with Crippen LogP contribution < -0.4 is 0 Å². The van der Waals surface area contributed by atoms with Crippen molar-refractivity contribution in [2.24, 2.45) is 0 Å². The van der Waals surface area contributed by atoms with Gasteiger partial charge in [0.2, 0.25) is 0 Å². The molecule has 0 atom stereocenters. The second-order valence-electron chi connectivity index (χ2n) is 6.12. The summed E-state index contributed by atoms with van der Waals surface area (Å²) in [6.45, 7) is 9.44. The average Bonchev–Trinajstić information content (AvgIpc) is 3.14. The van der Waals surface area contributed by atoms with Crippen molar-refractivity contribution in [1.29, 1.82) is 0 Å². The van der Waals surface area contributed by atoms with Gasteiger partial charge in [-0.1, -0.05) is 13.0 Å². The topological polar surface area (TPSA) is 36.9 Å². The highest BCUT2D eigenvalue weighted by atomic mass is 15.3. The fourth-order valence-corrected chi connectivity index (χ4v) is 2.74. The molecule has 0 aliphatic carbocycles. The van der Waals surface area contributed by atoms with E-state index in [0.717, 1.165) is 19.6 Å². The summed E-state index contributed by atoms with van der Waals surface area (Å²) < 4.78 is 2.02. The fraction of sp³-hybridized carbons (Fsp3) is 0.389. The molecule has 0 aliphatic heterocycles. The molecule has 0 unspecified atom stereocenters. The molecule has 0 saturated carbocycles. The summed E-state index contributed by atoms with van der Waals surface area (Å²) in [5, 5.41) is 5.71. The first-order valence-electron chi connectivity index (χ1n) is 7.97. The minimum Gasteiger partial charge on any atom is -0.361 e. The molecule has 0 amide bonds. The third-order valence-electron chi connectivity index (χ3n) is 4.06. The van der Waals surface area contributed by atoms with Crippen molar-refractivity contribution in [3.05, 3.63) is 54.0 Å². The maximum atomic E-state index is 4.43. The van der Waals surface area contributed by atoms with Crippen LogP contribution in [0.25, 0.3) is 10.9 Å². The van der Waals surface area contributed by atoms with Crippen LogP contribution in [-0.4, -0.2) is 26.2 Å². The number of H-pyrrole nitrogens is 1. The van der Waals surface area contributed by atoms with Crippen LogP contribution >= 0.6 is 0 Å². The van der Waals surface area contributed by atoms with Crippen LogP contribution in [0.1, 0.15) is 37.9 Å². The number of hydrogen-bond acceptors (Lipinski definition) is 2. The summed E-state index contributed by atoms with van der Waals surface area (Å²) in [5.74, 6) is 0. The molecular formula is C18H24N4. The van der Waals surface area contributed by atoms with Crippen molar-refractivity contribution in [3.8, 4) is 0 Å². The Balaban J connectivity index is 1.70. The molecule has 0 saturated heterocycles. The predicted octanol–water partition coefficient (Wildman–Crippen LogP) is 3.97. The molecule has 1 N–H and O–H groups in total. The lowest BCUT2D eigenvalue weighted by Crippen LogP contribution is -2.22.